The zero-order valence-corrected chi connectivity index (χ0v) is 8.66. The van der Waals surface area contributed by atoms with E-state index in [1.807, 2.05) is 38.1 Å². The summed E-state index contributed by atoms with van der Waals surface area (Å²) in [6.45, 7) is 3.99. The van der Waals surface area contributed by atoms with Gasteiger partial charge in [-0.05, 0) is 48.5 Å². The van der Waals surface area contributed by atoms with E-state index in [2.05, 4.69) is 15.5 Å². The number of hydrogen-bond acceptors (Lipinski definition) is 4. The second-order valence-corrected chi connectivity index (χ2v) is 3.41. The molecule has 0 saturated carbocycles. The van der Waals surface area contributed by atoms with Gasteiger partial charge in [0.1, 0.15) is 12.1 Å². The molecule has 0 atom stereocenters. The average Bonchev–Trinajstić information content (AvgIpc) is 2.71. The van der Waals surface area contributed by atoms with Crippen molar-refractivity contribution in [3.63, 3.8) is 0 Å². The van der Waals surface area contributed by atoms with E-state index in [9.17, 15) is 0 Å². The summed E-state index contributed by atoms with van der Waals surface area (Å²) >= 11 is 0. The smallest absolute Gasteiger partial charge is 0.143 e. The fourth-order valence-corrected chi connectivity index (χ4v) is 1.23. The molecule has 5 heteroatoms. The third-order valence-corrected chi connectivity index (χ3v) is 1.82. The molecule has 0 spiro atoms. The van der Waals surface area contributed by atoms with Crippen LogP contribution in [0.3, 0.4) is 0 Å². The SMILES string of the molecule is CC(C)Oc1ccc(-n2cnnn2)cc1. The highest BCUT2D eigenvalue weighted by molar-refractivity contribution is 5.36. The van der Waals surface area contributed by atoms with Crippen LogP contribution in [0.5, 0.6) is 5.75 Å². The maximum Gasteiger partial charge on any atom is 0.143 e. The molecule has 0 fully saturated rings. The molecule has 1 aromatic heterocycles. The minimum Gasteiger partial charge on any atom is -0.491 e. The molecule has 0 aliphatic carbocycles. The predicted octanol–water partition coefficient (Wildman–Crippen LogP) is 1.45. The van der Waals surface area contributed by atoms with Crippen LogP contribution in [-0.2, 0) is 0 Å². The van der Waals surface area contributed by atoms with Crippen LogP contribution in [0, 0.1) is 0 Å². The van der Waals surface area contributed by atoms with Crippen molar-refractivity contribution < 1.29 is 4.74 Å². The maximum absolute atomic E-state index is 5.53. The third-order valence-electron chi connectivity index (χ3n) is 1.82. The Morgan fingerprint density at radius 1 is 1.20 bits per heavy atom. The summed E-state index contributed by atoms with van der Waals surface area (Å²) in [5, 5.41) is 10.9. The molecule has 2 aromatic rings. The van der Waals surface area contributed by atoms with Gasteiger partial charge in [0.25, 0.3) is 0 Å². The van der Waals surface area contributed by atoms with E-state index < -0.39 is 0 Å². The van der Waals surface area contributed by atoms with Gasteiger partial charge in [-0.3, -0.25) is 0 Å². The van der Waals surface area contributed by atoms with Gasteiger partial charge in [-0.1, -0.05) is 0 Å². The number of benzene rings is 1. The van der Waals surface area contributed by atoms with E-state index in [1.54, 1.807) is 11.0 Å². The van der Waals surface area contributed by atoms with Crippen LogP contribution in [0.2, 0.25) is 0 Å². The number of tetrazole rings is 1. The Hall–Kier alpha value is -1.91. The Kier molecular flexibility index (Phi) is 2.62. The summed E-state index contributed by atoms with van der Waals surface area (Å²) in [6, 6.07) is 7.62. The second-order valence-electron chi connectivity index (χ2n) is 3.41. The summed E-state index contributed by atoms with van der Waals surface area (Å²) in [5.74, 6) is 0.849. The molecule has 0 N–H and O–H groups in total. The molecule has 0 aliphatic heterocycles. The van der Waals surface area contributed by atoms with Crippen molar-refractivity contribution in [1.82, 2.24) is 20.2 Å². The van der Waals surface area contributed by atoms with E-state index in [4.69, 9.17) is 4.74 Å². The van der Waals surface area contributed by atoms with Crippen LogP contribution in [0.25, 0.3) is 5.69 Å². The predicted molar refractivity (Wildman–Crippen MR) is 54.9 cm³/mol. The highest BCUT2D eigenvalue weighted by Gasteiger charge is 2.00. The van der Waals surface area contributed by atoms with Crippen LogP contribution < -0.4 is 4.74 Å². The Morgan fingerprint density at radius 3 is 2.47 bits per heavy atom. The lowest BCUT2D eigenvalue weighted by atomic mass is 10.3. The first-order chi connectivity index (χ1) is 7.25. The monoisotopic (exact) mass is 204 g/mol. The van der Waals surface area contributed by atoms with Crippen molar-refractivity contribution in [3.8, 4) is 11.4 Å². The zero-order chi connectivity index (χ0) is 10.7. The van der Waals surface area contributed by atoms with Crippen LogP contribution in [0.1, 0.15) is 13.8 Å². The van der Waals surface area contributed by atoms with Crippen molar-refractivity contribution in [1.29, 1.82) is 0 Å². The number of aromatic nitrogens is 4. The van der Waals surface area contributed by atoms with Gasteiger partial charge in [0.05, 0.1) is 11.8 Å². The van der Waals surface area contributed by atoms with E-state index in [0.717, 1.165) is 11.4 Å². The summed E-state index contributed by atoms with van der Waals surface area (Å²) in [4.78, 5) is 0. The van der Waals surface area contributed by atoms with Crippen molar-refractivity contribution in [2.75, 3.05) is 0 Å². The Bertz CT molecular complexity index is 407. The standard InChI is InChI=1S/C10H12N4O/c1-8(2)15-10-5-3-9(4-6-10)14-7-11-12-13-14/h3-8H,1-2H3. The largest absolute Gasteiger partial charge is 0.491 e. The fourth-order valence-electron chi connectivity index (χ4n) is 1.23. The quantitative estimate of drug-likeness (QED) is 0.759. The maximum atomic E-state index is 5.53. The van der Waals surface area contributed by atoms with Crippen molar-refractivity contribution in [2.45, 2.75) is 20.0 Å². The lowest BCUT2D eigenvalue weighted by Crippen LogP contribution is -2.05. The molecule has 0 radical (unpaired) electrons. The van der Waals surface area contributed by atoms with Gasteiger partial charge in [0.15, 0.2) is 0 Å². The Labute approximate surface area is 87.7 Å². The van der Waals surface area contributed by atoms with Gasteiger partial charge in [0.2, 0.25) is 0 Å². The molecular formula is C10H12N4O. The fraction of sp³-hybridized carbons (Fsp3) is 0.300. The first-order valence-electron chi connectivity index (χ1n) is 4.76. The van der Waals surface area contributed by atoms with Crippen LogP contribution in [0.15, 0.2) is 30.6 Å². The molecular weight excluding hydrogens is 192 g/mol. The van der Waals surface area contributed by atoms with Crippen molar-refractivity contribution >= 4 is 0 Å². The number of rotatable bonds is 3. The minimum atomic E-state index is 0.184. The molecule has 5 nitrogen and oxygen atoms in total. The molecule has 0 bridgehead atoms. The van der Waals surface area contributed by atoms with Gasteiger partial charge >= 0.3 is 0 Å². The summed E-state index contributed by atoms with van der Waals surface area (Å²) in [7, 11) is 0. The molecule has 2 rings (SSSR count). The van der Waals surface area contributed by atoms with Gasteiger partial charge in [-0.2, -0.15) is 0 Å². The van der Waals surface area contributed by atoms with E-state index in [-0.39, 0.29) is 6.10 Å². The number of ether oxygens (including phenoxy) is 1. The van der Waals surface area contributed by atoms with Gasteiger partial charge in [-0.25, -0.2) is 4.68 Å². The highest BCUT2D eigenvalue weighted by atomic mass is 16.5. The first kappa shape index (κ1) is 9.64. The molecule has 78 valence electrons. The Balaban J connectivity index is 2.17. The van der Waals surface area contributed by atoms with E-state index in [0.29, 0.717) is 0 Å². The second kappa shape index (κ2) is 4.08. The number of hydrogen-bond donors (Lipinski definition) is 0. The molecule has 0 saturated heterocycles. The van der Waals surface area contributed by atoms with Crippen molar-refractivity contribution in [2.24, 2.45) is 0 Å². The van der Waals surface area contributed by atoms with Gasteiger partial charge < -0.3 is 4.74 Å². The lowest BCUT2D eigenvalue weighted by molar-refractivity contribution is 0.242. The summed E-state index contributed by atoms with van der Waals surface area (Å²) < 4.78 is 7.12. The van der Waals surface area contributed by atoms with Gasteiger partial charge in [0, 0.05) is 0 Å². The lowest BCUT2D eigenvalue weighted by Gasteiger charge is -2.09. The first-order valence-corrected chi connectivity index (χ1v) is 4.76. The summed E-state index contributed by atoms with van der Waals surface area (Å²) in [6.07, 6.45) is 1.74. The highest BCUT2D eigenvalue weighted by Crippen LogP contribution is 2.15. The molecule has 0 unspecified atom stereocenters. The summed E-state index contributed by atoms with van der Waals surface area (Å²) in [5.41, 5.74) is 0.913. The normalized spacial score (nSPS) is 10.6. The molecule has 1 aromatic carbocycles. The van der Waals surface area contributed by atoms with Crippen LogP contribution in [-0.4, -0.2) is 26.3 Å². The topological polar surface area (TPSA) is 52.8 Å². The van der Waals surface area contributed by atoms with Crippen LogP contribution in [0.4, 0.5) is 0 Å². The van der Waals surface area contributed by atoms with E-state index in [1.165, 1.54) is 0 Å². The molecule has 1 heterocycles. The van der Waals surface area contributed by atoms with E-state index >= 15 is 0 Å². The van der Waals surface area contributed by atoms with Crippen molar-refractivity contribution in [3.05, 3.63) is 30.6 Å². The van der Waals surface area contributed by atoms with Crippen LogP contribution >= 0.6 is 0 Å². The molecule has 0 aliphatic rings. The third kappa shape index (κ3) is 2.31. The Morgan fingerprint density at radius 2 is 1.93 bits per heavy atom. The number of nitrogens with zero attached hydrogens (tertiary/aromatic N) is 4. The minimum absolute atomic E-state index is 0.184. The molecule has 15 heavy (non-hydrogen) atoms. The van der Waals surface area contributed by atoms with Gasteiger partial charge in [-0.15, -0.1) is 5.10 Å². The zero-order valence-electron chi connectivity index (χ0n) is 8.66. The average molecular weight is 204 g/mol. The molecule has 0 amide bonds.